The molecule has 0 bridgehead atoms. The first kappa shape index (κ1) is 28.7. The molecule has 0 aliphatic heterocycles. The summed E-state index contributed by atoms with van der Waals surface area (Å²) in [4.78, 5) is 28.1. The molecule has 0 spiro atoms. The van der Waals surface area contributed by atoms with Crippen molar-refractivity contribution in [3.05, 3.63) is 90.5 Å². The molecular formula is C29H35N3O5S. The summed E-state index contributed by atoms with van der Waals surface area (Å²) in [5.41, 5.74) is 1.18. The van der Waals surface area contributed by atoms with Crippen molar-refractivity contribution in [2.24, 2.45) is 0 Å². The number of anilines is 1. The minimum absolute atomic E-state index is 0.0287. The number of hydrogen-bond acceptors (Lipinski definition) is 5. The Morgan fingerprint density at radius 3 is 2.08 bits per heavy atom. The molecule has 2 amide bonds. The van der Waals surface area contributed by atoms with Crippen LogP contribution in [0.4, 0.5) is 5.69 Å². The van der Waals surface area contributed by atoms with Crippen LogP contribution in [0.5, 0.6) is 5.75 Å². The van der Waals surface area contributed by atoms with Gasteiger partial charge in [0.05, 0.1) is 17.2 Å². The van der Waals surface area contributed by atoms with E-state index in [4.69, 9.17) is 4.74 Å². The molecule has 3 aromatic carbocycles. The van der Waals surface area contributed by atoms with E-state index in [1.807, 2.05) is 44.2 Å². The highest BCUT2D eigenvalue weighted by Crippen LogP contribution is 2.26. The monoisotopic (exact) mass is 537 g/mol. The number of nitrogens with zero attached hydrogens (tertiary/aromatic N) is 2. The van der Waals surface area contributed by atoms with E-state index in [0.29, 0.717) is 24.6 Å². The number of benzene rings is 3. The molecule has 38 heavy (non-hydrogen) atoms. The average Bonchev–Trinajstić information content (AvgIpc) is 2.94. The maximum Gasteiger partial charge on any atom is 0.264 e. The fraction of sp³-hybridized carbons (Fsp3) is 0.310. The van der Waals surface area contributed by atoms with Gasteiger partial charge in [0.25, 0.3) is 10.0 Å². The van der Waals surface area contributed by atoms with Gasteiger partial charge < -0.3 is 15.0 Å². The number of para-hydroxylation sites is 1. The van der Waals surface area contributed by atoms with Crippen molar-refractivity contribution >= 4 is 27.5 Å². The van der Waals surface area contributed by atoms with Gasteiger partial charge >= 0.3 is 0 Å². The molecule has 0 aliphatic rings. The maximum atomic E-state index is 13.8. The molecule has 3 rings (SSSR count). The molecule has 9 heteroatoms. The largest absolute Gasteiger partial charge is 0.494 e. The third-order valence-corrected chi connectivity index (χ3v) is 7.75. The van der Waals surface area contributed by atoms with Gasteiger partial charge in [0.15, 0.2) is 0 Å². The maximum absolute atomic E-state index is 13.8. The molecule has 202 valence electrons. The standard InChI is InChI=1S/C29H35N3O5S/c1-4-20-30-29(34)23(3)31(21-24-12-8-6-9-13-24)28(33)22-32(25-14-10-7-11-15-25)38(35,36)27-18-16-26(17-19-27)37-5-2/h6-19,23H,4-5,20-22H2,1-3H3,(H,30,34)/t23-/m1/s1. The lowest BCUT2D eigenvalue weighted by Crippen LogP contribution is -2.51. The smallest absolute Gasteiger partial charge is 0.264 e. The van der Waals surface area contributed by atoms with Crippen LogP contribution in [0.3, 0.4) is 0 Å². The Labute approximate surface area is 225 Å². The molecular weight excluding hydrogens is 502 g/mol. The zero-order chi connectivity index (χ0) is 27.5. The second-order valence-electron chi connectivity index (χ2n) is 8.73. The van der Waals surface area contributed by atoms with Crippen LogP contribution in [-0.4, -0.2) is 50.9 Å². The van der Waals surface area contributed by atoms with Crippen molar-refractivity contribution in [2.45, 2.75) is 44.7 Å². The highest BCUT2D eigenvalue weighted by molar-refractivity contribution is 7.92. The Bertz CT molecular complexity index is 1280. The zero-order valence-electron chi connectivity index (χ0n) is 22.0. The van der Waals surface area contributed by atoms with Crippen LogP contribution in [0, 0.1) is 0 Å². The number of carbonyl (C=O) groups excluding carboxylic acids is 2. The fourth-order valence-electron chi connectivity index (χ4n) is 3.88. The molecule has 0 aromatic heterocycles. The Morgan fingerprint density at radius 2 is 1.50 bits per heavy atom. The Hall–Kier alpha value is -3.85. The Balaban J connectivity index is 1.96. The third kappa shape index (κ3) is 7.35. The van der Waals surface area contributed by atoms with Gasteiger partial charge in [0, 0.05) is 13.1 Å². The number of rotatable bonds is 13. The first-order valence-corrected chi connectivity index (χ1v) is 14.1. The lowest BCUT2D eigenvalue weighted by atomic mass is 10.1. The van der Waals surface area contributed by atoms with E-state index in [2.05, 4.69) is 5.32 Å². The normalized spacial score (nSPS) is 11.9. The second kappa shape index (κ2) is 13.6. The van der Waals surface area contributed by atoms with Crippen molar-refractivity contribution < 1.29 is 22.7 Å². The van der Waals surface area contributed by atoms with E-state index in [0.717, 1.165) is 16.3 Å². The van der Waals surface area contributed by atoms with E-state index in [-0.39, 0.29) is 17.3 Å². The predicted molar refractivity (Wildman–Crippen MR) is 148 cm³/mol. The number of carbonyl (C=O) groups is 2. The van der Waals surface area contributed by atoms with Gasteiger partial charge in [-0.05, 0) is 62.2 Å². The molecule has 3 aromatic rings. The summed E-state index contributed by atoms with van der Waals surface area (Å²) in [6, 6.07) is 23.1. The SMILES string of the molecule is CCCNC(=O)[C@@H](C)N(Cc1ccccc1)C(=O)CN(c1ccccc1)S(=O)(=O)c1ccc(OCC)cc1. The first-order chi connectivity index (χ1) is 18.3. The van der Waals surface area contributed by atoms with Crippen molar-refractivity contribution in [3.8, 4) is 5.75 Å². The quantitative estimate of drug-likeness (QED) is 0.352. The van der Waals surface area contributed by atoms with Crippen LogP contribution in [0.15, 0.2) is 89.8 Å². The number of sulfonamides is 1. The van der Waals surface area contributed by atoms with Crippen LogP contribution in [0.25, 0.3) is 0 Å². The van der Waals surface area contributed by atoms with E-state index in [1.165, 1.54) is 17.0 Å². The molecule has 0 unspecified atom stereocenters. The Kier molecular flexibility index (Phi) is 10.3. The van der Waals surface area contributed by atoms with Crippen molar-refractivity contribution in [1.29, 1.82) is 0 Å². The Morgan fingerprint density at radius 1 is 0.895 bits per heavy atom. The number of ether oxygens (including phenoxy) is 1. The average molecular weight is 538 g/mol. The molecule has 0 heterocycles. The van der Waals surface area contributed by atoms with Gasteiger partial charge in [-0.1, -0.05) is 55.5 Å². The van der Waals surface area contributed by atoms with Gasteiger partial charge in [-0.3, -0.25) is 13.9 Å². The van der Waals surface area contributed by atoms with Gasteiger partial charge in [0.2, 0.25) is 11.8 Å². The molecule has 0 aliphatic carbocycles. The zero-order valence-corrected chi connectivity index (χ0v) is 22.9. The van der Waals surface area contributed by atoms with Crippen LogP contribution in [0.1, 0.15) is 32.8 Å². The minimum atomic E-state index is -4.12. The molecule has 8 nitrogen and oxygen atoms in total. The van der Waals surface area contributed by atoms with Crippen LogP contribution in [-0.2, 0) is 26.2 Å². The summed E-state index contributed by atoms with van der Waals surface area (Å²) >= 11 is 0. The number of hydrogen-bond donors (Lipinski definition) is 1. The van der Waals surface area contributed by atoms with Gasteiger partial charge in [-0.15, -0.1) is 0 Å². The summed E-state index contributed by atoms with van der Waals surface area (Å²) in [6.45, 7) is 6.07. The van der Waals surface area contributed by atoms with E-state index >= 15 is 0 Å². The predicted octanol–water partition coefficient (Wildman–Crippen LogP) is 4.22. The fourth-order valence-corrected chi connectivity index (χ4v) is 5.30. The molecule has 0 fully saturated rings. The van der Waals surface area contributed by atoms with Crippen LogP contribution in [0.2, 0.25) is 0 Å². The minimum Gasteiger partial charge on any atom is -0.494 e. The summed E-state index contributed by atoms with van der Waals surface area (Å²) < 4.78 is 34.1. The highest BCUT2D eigenvalue weighted by atomic mass is 32.2. The van der Waals surface area contributed by atoms with Crippen molar-refractivity contribution in [3.63, 3.8) is 0 Å². The van der Waals surface area contributed by atoms with Crippen LogP contribution >= 0.6 is 0 Å². The van der Waals surface area contributed by atoms with Crippen molar-refractivity contribution in [1.82, 2.24) is 10.2 Å². The van der Waals surface area contributed by atoms with Gasteiger partial charge in [-0.25, -0.2) is 8.42 Å². The molecule has 1 N–H and O–H groups in total. The number of amides is 2. The molecule has 0 saturated heterocycles. The summed E-state index contributed by atoms with van der Waals surface area (Å²) in [5.74, 6) is -0.238. The lowest BCUT2D eigenvalue weighted by Gasteiger charge is -2.32. The van der Waals surface area contributed by atoms with Gasteiger partial charge in [-0.2, -0.15) is 0 Å². The van der Waals surface area contributed by atoms with E-state index < -0.39 is 28.5 Å². The van der Waals surface area contributed by atoms with Crippen LogP contribution < -0.4 is 14.4 Å². The second-order valence-corrected chi connectivity index (χ2v) is 10.6. The van der Waals surface area contributed by atoms with E-state index in [9.17, 15) is 18.0 Å². The summed E-state index contributed by atoms with van der Waals surface area (Å²) in [7, 11) is -4.12. The molecule has 1 atom stereocenters. The number of nitrogens with one attached hydrogen (secondary N) is 1. The summed E-state index contributed by atoms with van der Waals surface area (Å²) in [6.07, 6.45) is 0.757. The third-order valence-electron chi connectivity index (χ3n) is 5.96. The first-order valence-electron chi connectivity index (χ1n) is 12.7. The molecule has 0 radical (unpaired) electrons. The summed E-state index contributed by atoms with van der Waals surface area (Å²) in [5, 5.41) is 2.83. The van der Waals surface area contributed by atoms with Crippen molar-refractivity contribution in [2.75, 3.05) is 24.0 Å². The molecule has 0 saturated carbocycles. The topological polar surface area (TPSA) is 96.0 Å². The van der Waals surface area contributed by atoms with Gasteiger partial charge in [0.1, 0.15) is 18.3 Å². The van der Waals surface area contributed by atoms with E-state index in [1.54, 1.807) is 49.4 Å². The highest BCUT2D eigenvalue weighted by Gasteiger charge is 2.32. The lowest BCUT2D eigenvalue weighted by molar-refractivity contribution is -0.139.